The molecule has 9 rings (SSSR count). The van der Waals surface area contributed by atoms with Gasteiger partial charge in [0.1, 0.15) is 84.3 Å². The van der Waals surface area contributed by atoms with E-state index in [1.54, 1.807) is 98.0 Å². The molecule has 6 aromatic rings. The predicted octanol–water partition coefficient (Wildman–Crippen LogP) is -1.24. The number of halogens is 3. The topological polar surface area (TPSA) is 589 Å². The minimum absolute atomic E-state index is 0.00319. The van der Waals surface area contributed by atoms with Crippen LogP contribution in [0.2, 0.25) is 0 Å². The molecule has 5 aromatic carbocycles. The fourth-order valence-corrected chi connectivity index (χ4v) is 17.2. The number of hydrogen-bond acceptors (Lipinski definition) is 22. The van der Waals surface area contributed by atoms with Crippen molar-refractivity contribution < 1.29 is 115 Å². The van der Waals surface area contributed by atoms with Crippen LogP contribution in [-0.2, 0) is 114 Å². The number of likely N-dealkylation sites (N-methyl/N-ethyl adjacent to an activating group) is 3. The second-order valence-corrected chi connectivity index (χ2v) is 35.2. The lowest BCUT2D eigenvalue weighted by Crippen LogP contribution is -2.62. The van der Waals surface area contributed by atoms with Crippen LogP contribution in [0.15, 0.2) is 128 Å². The number of nitrogens with two attached hydrogens (primary N) is 3. The molecule has 135 heavy (non-hydrogen) atoms. The lowest BCUT2D eigenvalue weighted by atomic mass is 9.98. The maximum absolute atomic E-state index is 15.7. The van der Waals surface area contributed by atoms with Crippen molar-refractivity contribution in [3.05, 3.63) is 173 Å². The summed E-state index contributed by atoms with van der Waals surface area (Å²) < 4.78 is 45.1. The average Bonchev–Trinajstić information content (AvgIpc) is 1.64. The zero-order valence-electron chi connectivity index (χ0n) is 75.5. The van der Waals surface area contributed by atoms with Crippen molar-refractivity contribution >= 4 is 123 Å². The van der Waals surface area contributed by atoms with Gasteiger partial charge >= 0.3 is 5.97 Å². The summed E-state index contributed by atoms with van der Waals surface area (Å²) in [6, 6.07) is 6.87. The molecule has 0 radical (unpaired) electrons. The lowest BCUT2D eigenvalue weighted by molar-refractivity contribution is -0.152. The van der Waals surface area contributed by atoms with Crippen LogP contribution in [0.1, 0.15) is 113 Å². The van der Waals surface area contributed by atoms with E-state index >= 15 is 51.9 Å². The summed E-state index contributed by atoms with van der Waals surface area (Å²) >= 11 is 0.628. The number of thioether (sulfide) groups is 1. The van der Waals surface area contributed by atoms with Gasteiger partial charge in [0.2, 0.25) is 94.5 Å². The van der Waals surface area contributed by atoms with Gasteiger partial charge in [-0.25, -0.2) is 13.2 Å². The molecule has 39 nitrogen and oxygen atoms in total. The monoisotopic (exact) mass is 1900 g/mol. The fraction of sp³-hybridized carbons (Fsp3) is 0.467. The van der Waals surface area contributed by atoms with Crippen LogP contribution in [0.3, 0.4) is 0 Å². The van der Waals surface area contributed by atoms with Crippen LogP contribution in [0.5, 0.6) is 5.75 Å². The van der Waals surface area contributed by atoms with E-state index in [9.17, 15) is 63.2 Å². The molecule has 728 valence electrons. The number of para-hydroxylation sites is 1. The molecule has 3 fully saturated rings. The summed E-state index contributed by atoms with van der Waals surface area (Å²) in [7, 11) is 3.56. The van der Waals surface area contributed by atoms with Gasteiger partial charge in [0.05, 0.1) is 30.9 Å². The van der Waals surface area contributed by atoms with Gasteiger partial charge in [-0.05, 0) is 96.3 Å². The molecule has 20 N–H and O–H groups in total. The number of rotatable bonds is 25. The molecule has 15 atom stereocenters. The standard InChI is InChI=1S/C92H117F3N18O21S/c1-7-8-25-69-91(133)113-46-57(116)41-72(113)87(129)106-66(42-77(120)121)84(126)108-79(49(2)3)92(134)110(5)70(37-50-18-11-9-12-19-50)85(127)103-63(30-31-74(97)117)89(131)112-45-56(115)40-71(112)86(128)105-65(39-54-43-99-61-23-16-15-22-58(54)61)83(125)104-64(35-52-26-28-55(114)29-27-52)82(124)102-62(24-17-32-96)81(123)107-68(80(122)100-44-75(98)118)47-135-48-76(119)101-67(36-53-33-59(93)78(95)60(94)34-53)88(130)111(6)73(90(132)109(69)4)38-51-20-13-10-14-21-51/h9-16,18-23,26-29,33-34,43,49,56-57,62-73,79,99,114-116H,7-8,17,24-25,30-32,35-42,44-48,96H2,1-6H3,(H2,97,117)(H2,98,118)(H,100,122)(H,101,119)(H,102,124)(H,103,127)(H,104,125)(H,105,128)(H,106,129)(H,107,123)(H,108,126)(H,120,121)/t56-,57-,62+,63-,64+,65+,66+,67+,68+,69+,70-,71-,72-,73+,79+/m1/s1. The third kappa shape index (κ3) is 29.2. The summed E-state index contributed by atoms with van der Waals surface area (Å²) in [6.07, 6.45) is -6.83. The number of unbranched alkanes of at least 4 members (excludes halogenated alkanes) is 1. The summed E-state index contributed by atoms with van der Waals surface area (Å²) in [5, 5.41) is 67.1. The van der Waals surface area contributed by atoms with Crippen molar-refractivity contribution in [2.75, 3.05) is 58.8 Å². The number of nitrogens with zero attached hydrogens (tertiary/aromatic N) is 5. The number of primary amides is 2. The summed E-state index contributed by atoms with van der Waals surface area (Å²) in [4.78, 5) is 258. The van der Waals surface area contributed by atoms with E-state index < -0.39 is 296 Å². The van der Waals surface area contributed by atoms with E-state index in [1.807, 2.05) is 0 Å². The molecule has 3 aliphatic heterocycles. The highest BCUT2D eigenvalue weighted by molar-refractivity contribution is 8.00. The Morgan fingerprint density at radius 1 is 0.511 bits per heavy atom. The number of phenolic OH excluding ortho intramolecular Hbond substituents is 1. The molecule has 3 aliphatic rings. The van der Waals surface area contributed by atoms with Gasteiger partial charge in [0.15, 0.2) is 17.5 Å². The summed E-state index contributed by atoms with van der Waals surface area (Å²) in [6.45, 7) is 2.66. The van der Waals surface area contributed by atoms with Crippen molar-refractivity contribution in [2.24, 2.45) is 23.1 Å². The SMILES string of the molecule is CCCC[C@H]1C(=O)N2C[C@H](O)C[C@@H]2C(=O)N[C@@H](CC(=O)O)C(=O)N[C@@H](C(C)C)C(=O)N(C)[C@H](Cc2ccccc2)C(=O)N[C@H](CCC(N)=O)C(=O)N2C[C@H](O)C[C@@H]2C(=O)N[C@@H](Cc2c[nH]c3ccccc23)C(=O)N[C@@H](Cc2ccc(O)cc2)C(=O)N[C@@H](CCCN)C(=O)N[C@H](C(=O)NCC(N)=O)CSCC(=O)N[C@@H](Cc2cc(F)c(F)c(F)c2)C(=O)N(C)[C@@H](Cc2ccccc2)C(=O)N1C. The first kappa shape index (κ1) is 105. The molecule has 0 aliphatic carbocycles. The normalized spacial score (nSPS) is 24.5. The van der Waals surface area contributed by atoms with Crippen molar-refractivity contribution in [1.29, 1.82) is 0 Å². The minimum atomic E-state index is -2.07. The molecule has 0 bridgehead atoms. The summed E-state index contributed by atoms with van der Waals surface area (Å²) in [5.74, 6) is -26.5. The molecule has 0 spiro atoms. The number of fused-ring (bicyclic) bond motifs is 3. The summed E-state index contributed by atoms with van der Waals surface area (Å²) in [5.41, 5.74) is 18.8. The fourth-order valence-electron chi connectivity index (χ4n) is 16.4. The maximum atomic E-state index is 15.7. The van der Waals surface area contributed by atoms with Gasteiger partial charge < -0.3 is 115 Å². The number of amides is 16. The van der Waals surface area contributed by atoms with Gasteiger partial charge in [-0.2, -0.15) is 0 Å². The number of aromatic amines is 1. The molecule has 16 amide bonds. The Kier molecular flexibility index (Phi) is 38.5. The Balaban J connectivity index is 1.14. The first-order valence-electron chi connectivity index (χ1n) is 44.2. The van der Waals surface area contributed by atoms with Gasteiger partial charge in [-0.3, -0.25) is 81.5 Å². The number of aromatic hydroxyl groups is 1. The smallest absolute Gasteiger partial charge is 0.305 e. The van der Waals surface area contributed by atoms with E-state index in [0.29, 0.717) is 63.5 Å². The van der Waals surface area contributed by atoms with Crippen LogP contribution in [0.4, 0.5) is 13.2 Å². The third-order valence-corrected chi connectivity index (χ3v) is 24.8. The second kappa shape index (κ2) is 49.4. The molecule has 43 heteroatoms. The average molecular weight is 1900 g/mol. The van der Waals surface area contributed by atoms with E-state index in [2.05, 4.69) is 52.8 Å². The van der Waals surface area contributed by atoms with E-state index in [0.717, 1.165) is 31.5 Å². The maximum Gasteiger partial charge on any atom is 0.305 e. The molecular formula is C92H117F3N18O21S. The highest BCUT2D eigenvalue weighted by Crippen LogP contribution is 2.29. The number of carbonyl (C=O) groups is 17. The zero-order valence-corrected chi connectivity index (χ0v) is 76.3. The second-order valence-electron chi connectivity index (χ2n) is 34.2. The molecule has 1 aromatic heterocycles. The number of aliphatic hydroxyl groups is 2. The van der Waals surface area contributed by atoms with Crippen molar-refractivity contribution in [3.63, 3.8) is 0 Å². The number of phenols is 1. The Hall–Kier alpha value is -13.6. The lowest BCUT2D eigenvalue weighted by Gasteiger charge is -2.38. The number of H-pyrrole nitrogens is 1. The van der Waals surface area contributed by atoms with Crippen LogP contribution in [-0.4, -0.2) is 300 Å². The Bertz CT molecular complexity index is 5260. The van der Waals surface area contributed by atoms with E-state index in [1.165, 1.54) is 52.2 Å². The van der Waals surface area contributed by atoms with Gasteiger partial charge in [-0.15, -0.1) is 11.8 Å². The van der Waals surface area contributed by atoms with Crippen molar-refractivity contribution in [1.82, 2.24) is 77.3 Å². The Morgan fingerprint density at radius 3 is 1.60 bits per heavy atom. The highest BCUT2D eigenvalue weighted by atomic mass is 32.2. The number of benzene rings is 5. The van der Waals surface area contributed by atoms with Crippen molar-refractivity contribution in [3.8, 4) is 5.75 Å². The van der Waals surface area contributed by atoms with Crippen molar-refractivity contribution in [2.45, 2.75) is 208 Å². The quantitative estimate of drug-likeness (QED) is 0.0298. The van der Waals surface area contributed by atoms with Crippen LogP contribution < -0.4 is 65.1 Å². The largest absolute Gasteiger partial charge is 0.508 e. The molecule has 4 heterocycles. The van der Waals surface area contributed by atoms with Gasteiger partial charge in [0, 0.05) is 108 Å². The number of carboxylic acid groups (broad SMARTS) is 1. The van der Waals surface area contributed by atoms with Gasteiger partial charge in [-0.1, -0.05) is 125 Å². The number of aromatic nitrogens is 1. The Morgan fingerprint density at radius 2 is 1.02 bits per heavy atom. The molecule has 3 saturated heterocycles. The molecule has 0 unspecified atom stereocenters. The van der Waals surface area contributed by atoms with Crippen LogP contribution in [0, 0.1) is 23.4 Å². The van der Waals surface area contributed by atoms with Crippen LogP contribution >= 0.6 is 11.8 Å². The van der Waals surface area contributed by atoms with E-state index in [-0.39, 0.29) is 57.2 Å². The number of hydrogen-bond donors (Lipinski definition) is 17. The number of aliphatic carboxylic acids is 1. The first-order chi connectivity index (χ1) is 64.1. The Labute approximate surface area is 780 Å². The van der Waals surface area contributed by atoms with E-state index in [4.69, 9.17) is 17.2 Å². The highest BCUT2D eigenvalue weighted by Gasteiger charge is 2.48. The third-order valence-electron chi connectivity index (χ3n) is 23.7. The number of aliphatic hydroxyl groups excluding tert-OH is 2. The first-order valence-corrected chi connectivity index (χ1v) is 45.4. The molecular weight excluding hydrogens is 1780 g/mol. The number of carbonyl (C=O) groups excluding carboxylic acids is 16. The number of nitrogens with one attached hydrogen (secondary N) is 10. The minimum Gasteiger partial charge on any atom is -0.508 e. The molecule has 0 saturated carbocycles. The van der Waals surface area contributed by atoms with Crippen LogP contribution in [0.25, 0.3) is 10.9 Å². The predicted molar refractivity (Wildman–Crippen MR) is 484 cm³/mol. The zero-order chi connectivity index (χ0) is 98.8. The number of carboxylic acids is 1. The van der Waals surface area contributed by atoms with Gasteiger partial charge in [0.25, 0.3) is 0 Å².